The van der Waals surface area contributed by atoms with E-state index < -0.39 is 5.60 Å². The highest BCUT2D eigenvalue weighted by Gasteiger charge is 2.30. The topological polar surface area (TPSA) is 88.2 Å². The molecule has 0 spiro atoms. The summed E-state index contributed by atoms with van der Waals surface area (Å²) in [6.45, 7) is 22.9. The Morgan fingerprint density at radius 1 is 1.24 bits per heavy atom. The van der Waals surface area contributed by atoms with Crippen molar-refractivity contribution in [1.29, 1.82) is 0 Å². The minimum Gasteiger partial charge on any atom is -0.453 e. The number of carbonyl (C=O) groups excluding carboxylic acids is 1. The van der Waals surface area contributed by atoms with Gasteiger partial charge in [0, 0.05) is 12.8 Å². The van der Waals surface area contributed by atoms with E-state index in [1.165, 1.54) is 24.5 Å². The molecule has 234 valence electrons. The van der Waals surface area contributed by atoms with Crippen LogP contribution in [-0.4, -0.2) is 45.8 Å². The Bertz CT molecular complexity index is 1280. The lowest BCUT2D eigenvalue weighted by molar-refractivity contribution is -0.130. The van der Waals surface area contributed by atoms with E-state index in [1.54, 1.807) is 30.9 Å². The van der Waals surface area contributed by atoms with Crippen LogP contribution in [0.1, 0.15) is 102 Å². The molecule has 42 heavy (non-hydrogen) atoms. The van der Waals surface area contributed by atoms with Crippen molar-refractivity contribution in [2.45, 2.75) is 107 Å². The number of amides is 1. The van der Waals surface area contributed by atoms with Crippen molar-refractivity contribution in [3.05, 3.63) is 64.3 Å². The van der Waals surface area contributed by atoms with Crippen LogP contribution in [0.5, 0.6) is 0 Å². The van der Waals surface area contributed by atoms with Crippen LogP contribution in [0.15, 0.2) is 67.9 Å². The molecule has 1 aliphatic rings. The maximum absolute atomic E-state index is 13.2. The highest BCUT2D eigenvalue weighted by Crippen LogP contribution is 2.28. The molecule has 0 saturated heterocycles. The zero-order valence-corrected chi connectivity index (χ0v) is 27.6. The number of benzene rings is 1. The van der Waals surface area contributed by atoms with Crippen molar-refractivity contribution in [2.75, 3.05) is 13.1 Å². The summed E-state index contributed by atoms with van der Waals surface area (Å²) in [5.41, 5.74) is 3.51. The monoisotopic (exact) mass is 585 g/mol. The fourth-order valence-electron chi connectivity index (χ4n) is 3.72. The maximum atomic E-state index is 13.2. The lowest BCUT2D eigenvalue weighted by atomic mass is 10.0. The van der Waals surface area contributed by atoms with Crippen LogP contribution in [0.3, 0.4) is 0 Å². The minimum absolute atomic E-state index is 0.155. The van der Waals surface area contributed by atoms with Crippen LogP contribution in [0.4, 0.5) is 4.39 Å². The van der Waals surface area contributed by atoms with Gasteiger partial charge in [-0.25, -0.2) is 9.37 Å². The number of para-hydroxylation sites is 1. The third-order valence-electron chi connectivity index (χ3n) is 6.76. The number of rotatable bonds is 8. The number of hydrogen-bond donors (Lipinski definition) is 1. The Kier molecular flexibility index (Phi) is 15.4. The number of ether oxygens (including phenoxy) is 1. The summed E-state index contributed by atoms with van der Waals surface area (Å²) in [4.78, 5) is 23.3. The number of aliphatic imine (C=N–C) groups is 1. The van der Waals surface area contributed by atoms with Gasteiger partial charge in [0.25, 0.3) is 5.91 Å². The Hall–Kier alpha value is -3.26. The second kappa shape index (κ2) is 17.6. The molecule has 1 aromatic carbocycles. The van der Waals surface area contributed by atoms with Crippen molar-refractivity contribution < 1.29 is 23.4 Å². The van der Waals surface area contributed by atoms with Crippen molar-refractivity contribution >= 4 is 23.2 Å². The van der Waals surface area contributed by atoms with Gasteiger partial charge in [-0.3, -0.25) is 9.79 Å². The fourth-order valence-corrected chi connectivity index (χ4v) is 3.72. The molecule has 0 fully saturated rings. The molecule has 3 rings (SSSR count). The number of oxazole rings is 1. The van der Waals surface area contributed by atoms with Gasteiger partial charge in [0.2, 0.25) is 0 Å². The Morgan fingerprint density at radius 2 is 1.88 bits per heavy atom. The summed E-state index contributed by atoms with van der Waals surface area (Å²) in [5.74, 6) is 1.10. The first-order valence-corrected chi connectivity index (χ1v) is 14.9. The minimum atomic E-state index is -1.16. The van der Waals surface area contributed by atoms with Crippen LogP contribution in [0.25, 0.3) is 11.1 Å². The van der Waals surface area contributed by atoms with Gasteiger partial charge in [-0.2, -0.15) is 0 Å². The highest BCUT2D eigenvalue weighted by molar-refractivity contribution is 5.92. The molecule has 0 unspecified atom stereocenters. The van der Waals surface area contributed by atoms with Crippen LogP contribution in [-0.2, 0) is 9.53 Å². The smallest absolute Gasteiger partial charge is 0.289 e. The van der Waals surface area contributed by atoms with Crippen molar-refractivity contribution in [2.24, 2.45) is 10.9 Å². The van der Waals surface area contributed by atoms with E-state index >= 15 is 0 Å². The molecule has 2 aromatic rings. The first-order chi connectivity index (χ1) is 19.7. The largest absolute Gasteiger partial charge is 0.453 e. The predicted molar refractivity (Wildman–Crippen MR) is 171 cm³/mol. The van der Waals surface area contributed by atoms with Gasteiger partial charge in [0.05, 0.1) is 12.2 Å². The van der Waals surface area contributed by atoms with E-state index in [9.17, 15) is 14.3 Å². The summed E-state index contributed by atoms with van der Waals surface area (Å²) in [6, 6.07) is 4.63. The van der Waals surface area contributed by atoms with Gasteiger partial charge < -0.3 is 19.2 Å². The molecule has 2 heterocycles. The van der Waals surface area contributed by atoms with Gasteiger partial charge in [0.15, 0.2) is 23.6 Å². The van der Waals surface area contributed by atoms with E-state index in [0.717, 1.165) is 42.0 Å². The molecule has 1 N–H and O–H groups in total. The highest BCUT2D eigenvalue weighted by atomic mass is 19.1. The number of nitrogens with zero attached hydrogens (tertiary/aromatic N) is 3. The predicted octanol–water partition coefficient (Wildman–Crippen LogP) is 8.76. The zero-order valence-electron chi connectivity index (χ0n) is 27.6. The fraction of sp³-hybridized carbons (Fsp3) is 0.559. The molecule has 0 radical (unpaired) electrons. The van der Waals surface area contributed by atoms with Gasteiger partial charge in [-0.15, -0.1) is 0 Å². The molecule has 7 nitrogen and oxygen atoms in total. The van der Waals surface area contributed by atoms with Gasteiger partial charge in [0.1, 0.15) is 16.9 Å². The van der Waals surface area contributed by atoms with Crippen LogP contribution in [0.2, 0.25) is 0 Å². The first kappa shape index (κ1) is 36.8. The summed E-state index contributed by atoms with van der Waals surface area (Å²) in [6.07, 6.45) is 6.83. The summed E-state index contributed by atoms with van der Waals surface area (Å²) in [7, 11) is 0. The summed E-state index contributed by atoms with van der Waals surface area (Å²) in [5, 5.41) is 10.5. The zero-order chi connectivity index (χ0) is 32.0. The van der Waals surface area contributed by atoms with Crippen molar-refractivity contribution in [3.63, 3.8) is 0 Å². The molecule has 0 bridgehead atoms. The number of hydrogen-bond acceptors (Lipinski definition) is 6. The van der Waals surface area contributed by atoms with Crippen molar-refractivity contribution in [3.8, 4) is 0 Å². The standard InChI is InChI=1S/C22H36N2O3.C7H4FNO.C5H12/c1-9-12-23-18-14-24(13-11-17(18)6)21(25)19(15(3)4)27-20(16(5)10-2)22(7,8)26;8-5-2-1-3-6-7(5)10-4-9-6;1-4-5(2)3/h12,26H,9-11,13-14H2,1-8H3;1-4H;5H,4H2,1-3H3/b20-16-,23-12?;;. The van der Waals surface area contributed by atoms with Crippen LogP contribution >= 0.6 is 0 Å². The third-order valence-corrected chi connectivity index (χ3v) is 6.76. The summed E-state index contributed by atoms with van der Waals surface area (Å²) >= 11 is 0. The Morgan fingerprint density at radius 3 is 2.38 bits per heavy atom. The number of aliphatic hydroxyl groups is 1. The molecule has 0 atom stereocenters. The molecule has 0 aliphatic carbocycles. The Labute approximate surface area is 252 Å². The van der Waals surface area contributed by atoms with E-state index in [2.05, 4.69) is 37.7 Å². The molecular formula is C34H52FN3O4. The number of carbonyl (C=O) groups is 1. The van der Waals surface area contributed by atoms with Gasteiger partial charge in [-0.1, -0.05) is 47.1 Å². The first-order valence-electron chi connectivity index (χ1n) is 14.9. The maximum Gasteiger partial charge on any atom is 0.289 e. The van der Waals surface area contributed by atoms with E-state index in [-0.39, 0.29) is 17.3 Å². The Balaban J connectivity index is 0.000000473. The van der Waals surface area contributed by atoms with E-state index in [4.69, 9.17) is 9.15 Å². The molecule has 8 heteroatoms. The van der Waals surface area contributed by atoms with E-state index in [1.807, 2.05) is 40.8 Å². The lowest BCUT2D eigenvalue weighted by Crippen LogP contribution is -2.39. The second-order valence-electron chi connectivity index (χ2n) is 11.6. The third kappa shape index (κ3) is 11.6. The number of halogens is 1. The summed E-state index contributed by atoms with van der Waals surface area (Å²) < 4.78 is 23.5. The lowest BCUT2D eigenvalue weighted by Gasteiger charge is -2.31. The average Bonchev–Trinajstić information content (AvgIpc) is 3.42. The van der Waals surface area contributed by atoms with Crippen LogP contribution in [0, 0.1) is 11.7 Å². The molecule has 1 aliphatic heterocycles. The van der Waals surface area contributed by atoms with Gasteiger partial charge in [-0.05, 0) is 95.6 Å². The van der Waals surface area contributed by atoms with Crippen molar-refractivity contribution in [1.82, 2.24) is 9.88 Å². The molecular weight excluding hydrogens is 533 g/mol. The number of allylic oxidation sites excluding steroid dienone is 2. The molecule has 0 saturated carbocycles. The van der Waals surface area contributed by atoms with Gasteiger partial charge >= 0.3 is 0 Å². The number of fused-ring (bicyclic) bond motifs is 1. The molecule has 1 aromatic heterocycles. The quantitative estimate of drug-likeness (QED) is 0.190. The second-order valence-corrected chi connectivity index (χ2v) is 11.6. The normalized spacial score (nSPS) is 14.3. The average molecular weight is 586 g/mol. The SMILES string of the molecule is CCC(C)C.CCC=NC1=C(C)CCN(C(=O)C(O/C(=C(/C)CC)C(C)(C)O)=C(C)C)C1.Fc1cccc2ncoc12. The van der Waals surface area contributed by atoms with E-state index in [0.29, 0.717) is 30.1 Å². The number of aromatic nitrogens is 1. The van der Waals surface area contributed by atoms with Crippen LogP contribution < -0.4 is 0 Å². The molecule has 1 amide bonds.